The SMILES string of the molecule is CC1CNc2cc(C(=O)C(C)N(C)c3ccccc3)ccc2O1. The number of Topliss-reactive ketones (excluding diaryl/α,β-unsaturated/α-hetero) is 1. The molecular weight excluding hydrogens is 288 g/mol. The summed E-state index contributed by atoms with van der Waals surface area (Å²) in [5, 5.41) is 3.32. The van der Waals surface area contributed by atoms with Crippen LogP contribution in [0.5, 0.6) is 5.75 Å². The van der Waals surface area contributed by atoms with Crippen molar-refractivity contribution in [1.82, 2.24) is 0 Å². The smallest absolute Gasteiger partial charge is 0.184 e. The molecule has 3 rings (SSSR count). The van der Waals surface area contributed by atoms with E-state index in [1.807, 2.05) is 74.3 Å². The van der Waals surface area contributed by atoms with Gasteiger partial charge >= 0.3 is 0 Å². The van der Waals surface area contributed by atoms with Crippen LogP contribution in [0.4, 0.5) is 11.4 Å². The lowest BCUT2D eigenvalue weighted by atomic mass is 10.0. The summed E-state index contributed by atoms with van der Waals surface area (Å²) in [6.07, 6.45) is 0.146. The highest BCUT2D eigenvalue weighted by Crippen LogP contribution is 2.30. The predicted molar refractivity (Wildman–Crippen MR) is 93.7 cm³/mol. The first-order chi connectivity index (χ1) is 11.1. The van der Waals surface area contributed by atoms with Crippen LogP contribution in [0.25, 0.3) is 0 Å². The second-order valence-electron chi connectivity index (χ2n) is 6.01. The van der Waals surface area contributed by atoms with Gasteiger partial charge in [0.2, 0.25) is 0 Å². The molecule has 1 aliphatic rings. The second kappa shape index (κ2) is 6.32. The van der Waals surface area contributed by atoms with Gasteiger partial charge in [-0.25, -0.2) is 0 Å². The lowest BCUT2D eigenvalue weighted by Crippen LogP contribution is -2.36. The fourth-order valence-electron chi connectivity index (χ4n) is 2.74. The van der Waals surface area contributed by atoms with Crippen LogP contribution in [0.1, 0.15) is 24.2 Å². The normalized spacial score (nSPS) is 17.4. The van der Waals surface area contributed by atoms with Gasteiger partial charge in [0.1, 0.15) is 11.9 Å². The minimum Gasteiger partial charge on any atom is -0.487 e. The molecular formula is C19H22N2O2. The molecule has 2 unspecified atom stereocenters. The van der Waals surface area contributed by atoms with Gasteiger partial charge in [-0.05, 0) is 44.2 Å². The van der Waals surface area contributed by atoms with Crippen LogP contribution in [0.2, 0.25) is 0 Å². The quantitative estimate of drug-likeness (QED) is 0.876. The lowest BCUT2D eigenvalue weighted by molar-refractivity contribution is 0.0966. The molecule has 23 heavy (non-hydrogen) atoms. The van der Waals surface area contributed by atoms with E-state index in [1.54, 1.807) is 0 Å². The number of ether oxygens (including phenoxy) is 1. The highest BCUT2D eigenvalue weighted by molar-refractivity contribution is 6.02. The second-order valence-corrected chi connectivity index (χ2v) is 6.01. The zero-order valence-corrected chi connectivity index (χ0v) is 13.7. The van der Waals surface area contributed by atoms with Gasteiger partial charge in [0.15, 0.2) is 5.78 Å². The number of para-hydroxylation sites is 1. The lowest BCUT2D eigenvalue weighted by Gasteiger charge is -2.27. The van der Waals surface area contributed by atoms with E-state index < -0.39 is 0 Å². The van der Waals surface area contributed by atoms with Gasteiger partial charge in [-0.2, -0.15) is 0 Å². The maximum atomic E-state index is 12.8. The zero-order chi connectivity index (χ0) is 16.4. The fraction of sp³-hybridized carbons (Fsp3) is 0.316. The zero-order valence-electron chi connectivity index (χ0n) is 13.7. The largest absolute Gasteiger partial charge is 0.487 e. The highest BCUT2D eigenvalue weighted by Gasteiger charge is 2.22. The van der Waals surface area contributed by atoms with E-state index in [4.69, 9.17) is 4.74 Å². The Morgan fingerprint density at radius 2 is 2.00 bits per heavy atom. The molecule has 2 atom stereocenters. The molecule has 0 fully saturated rings. The summed E-state index contributed by atoms with van der Waals surface area (Å²) in [7, 11) is 1.94. The minimum absolute atomic E-state index is 0.0968. The Balaban J connectivity index is 1.80. The Labute approximate surface area is 137 Å². The first-order valence-electron chi connectivity index (χ1n) is 7.93. The minimum atomic E-state index is -0.237. The van der Waals surface area contributed by atoms with Gasteiger partial charge < -0.3 is 15.0 Å². The van der Waals surface area contributed by atoms with E-state index in [0.717, 1.165) is 23.7 Å². The maximum Gasteiger partial charge on any atom is 0.184 e. The van der Waals surface area contributed by atoms with Crippen LogP contribution in [0.3, 0.4) is 0 Å². The molecule has 0 aliphatic carbocycles. The van der Waals surface area contributed by atoms with Crippen molar-refractivity contribution in [3.63, 3.8) is 0 Å². The van der Waals surface area contributed by atoms with E-state index in [1.165, 1.54) is 0 Å². The molecule has 1 N–H and O–H groups in total. The molecule has 2 aromatic rings. The molecule has 0 saturated heterocycles. The van der Waals surface area contributed by atoms with E-state index in [2.05, 4.69) is 5.32 Å². The van der Waals surface area contributed by atoms with Crippen molar-refractivity contribution in [2.24, 2.45) is 0 Å². The molecule has 4 heteroatoms. The summed E-state index contributed by atoms with van der Waals surface area (Å²) < 4.78 is 5.76. The third-order valence-corrected chi connectivity index (χ3v) is 4.30. The van der Waals surface area contributed by atoms with Crippen molar-refractivity contribution in [2.45, 2.75) is 26.0 Å². The van der Waals surface area contributed by atoms with Gasteiger partial charge in [0, 0.05) is 18.3 Å². The van der Waals surface area contributed by atoms with Crippen LogP contribution in [-0.4, -0.2) is 31.5 Å². The van der Waals surface area contributed by atoms with Crippen LogP contribution in [-0.2, 0) is 0 Å². The number of hydrogen-bond acceptors (Lipinski definition) is 4. The number of likely N-dealkylation sites (N-methyl/N-ethyl adjacent to an activating group) is 1. The highest BCUT2D eigenvalue weighted by atomic mass is 16.5. The number of fused-ring (bicyclic) bond motifs is 1. The molecule has 0 bridgehead atoms. The van der Waals surface area contributed by atoms with E-state index in [0.29, 0.717) is 5.56 Å². The van der Waals surface area contributed by atoms with Crippen LogP contribution in [0, 0.1) is 0 Å². The number of nitrogens with zero attached hydrogens (tertiary/aromatic N) is 1. The molecule has 2 aromatic carbocycles. The standard InChI is InChI=1S/C19H22N2O2/c1-13-12-20-17-11-15(9-10-18(17)23-13)19(22)14(2)21(3)16-7-5-4-6-8-16/h4-11,13-14,20H,12H2,1-3H3. The van der Waals surface area contributed by atoms with Crippen molar-refractivity contribution in [1.29, 1.82) is 0 Å². The number of hydrogen-bond donors (Lipinski definition) is 1. The van der Waals surface area contributed by atoms with Gasteiger partial charge in [-0.1, -0.05) is 18.2 Å². The maximum absolute atomic E-state index is 12.8. The first kappa shape index (κ1) is 15.4. The number of benzene rings is 2. The monoisotopic (exact) mass is 310 g/mol. The summed E-state index contributed by atoms with van der Waals surface area (Å²) in [5.74, 6) is 0.906. The number of carbonyl (C=O) groups excluding carboxylic acids is 1. The van der Waals surface area contributed by atoms with E-state index in [-0.39, 0.29) is 17.9 Å². The van der Waals surface area contributed by atoms with Gasteiger partial charge in [-0.3, -0.25) is 4.79 Å². The molecule has 0 aromatic heterocycles. The first-order valence-corrected chi connectivity index (χ1v) is 7.93. The van der Waals surface area contributed by atoms with E-state index in [9.17, 15) is 4.79 Å². The Hall–Kier alpha value is -2.49. The Kier molecular flexibility index (Phi) is 4.24. The average Bonchev–Trinajstić information content (AvgIpc) is 2.60. The molecule has 1 aliphatic heterocycles. The van der Waals surface area contributed by atoms with Gasteiger partial charge in [-0.15, -0.1) is 0 Å². The van der Waals surface area contributed by atoms with Gasteiger partial charge in [0.25, 0.3) is 0 Å². The fourth-order valence-corrected chi connectivity index (χ4v) is 2.74. The van der Waals surface area contributed by atoms with Crippen molar-refractivity contribution >= 4 is 17.2 Å². The molecule has 0 amide bonds. The number of carbonyl (C=O) groups is 1. The summed E-state index contributed by atoms with van der Waals surface area (Å²) in [5.41, 5.74) is 2.62. The third-order valence-electron chi connectivity index (χ3n) is 4.30. The van der Waals surface area contributed by atoms with Crippen LogP contribution >= 0.6 is 0 Å². The van der Waals surface area contributed by atoms with Crippen molar-refractivity contribution in [3.8, 4) is 5.75 Å². The molecule has 0 saturated carbocycles. The van der Waals surface area contributed by atoms with Crippen LogP contribution in [0.15, 0.2) is 48.5 Å². The molecule has 0 spiro atoms. The Morgan fingerprint density at radius 3 is 2.74 bits per heavy atom. The Bertz CT molecular complexity index is 700. The van der Waals surface area contributed by atoms with Crippen molar-refractivity contribution < 1.29 is 9.53 Å². The molecule has 4 nitrogen and oxygen atoms in total. The van der Waals surface area contributed by atoms with Crippen molar-refractivity contribution in [3.05, 3.63) is 54.1 Å². The number of rotatable bonds is 4. The summed E-state index contributed by atoms with van der Waals surface area (Å²) in [6, 6.07) is 15.3. The molecule has 0 radical (unpaired) electrons. The molecule has 120 valence electrons. The third kappa shape index (κ3) is 3.16. The number of ketones is 1. The summed E-state index contributed by atoms with van der Waals surface area (Å²) in [4.78, 5) is 14.8. The molecule has 1 heterocycles. The Morgan fingerprint density at radius 1 is 1.26 bits per heavy atom. The number of nitrogens with one attached hydrogen (secondary N) is 1. The average molecular weight is 310 g/mol. The topological polar surface area (TPSA) is 41.6 Å². The summed E-state index contributed by atoms with van der Waals surface area (Å²) >= 11 is 0. The van der Waals surface area contributed by atoms with E-state index >= 15 is 0 Å². The predicted octanol–water partition coefficient (Wildman–Crippen LogP) is 3.59. The van der Waals surface area contributed by atoms with Crippen molar-refractivity contribution in [2.75, 3.05) is 23.8 Å². The van der Waals surface area contributed by atoms with Crippen LogP contribution < -0.4 is 15.0 Å². The number of anilines is 2. The van der Waals surface area contributed by atoms with Gasteiger partial charge in [0.05, 0.1) is 18.3 Å². The summed E-state index contributed by atoms with van der Waals surface area (Å²) in [6.45, 7) is 4.71.